The summed E-state index contributed by atoms with van der Waals surface area (Å²) in [5.74, 6) is -0.234. The average Bonchev–Trinajstić information content (AvgIpc) is 2.61. The topological polar surface area (TPSA) is 77.0 Å². The minimum atomic E-state index is -0.382. The third-order valence-electron chi connectivity index (χ3n) is 4.53. The Labute approximate surface area is 144 Å². The van der Waals surface area contributed by atoms with Gasteiger partial charge in [-0.15, -0.1) is 0 Å². The van der Waals surface area contributed by atoms with E-state index in [1.54, 1.807) is 30.0 Å². The Morgan fingerprint density at radius 3 is 2.92 bits per heavy atom. The first-order chi connectivity index (χ1) is 12.0. The number of pyridine rings is 1. The molecule has 1 aliphatic rings. The van der Waals surface area contributed by atoms with E-state index in [4.69, 9.17) is 5.26 Å². The summed E-state index contributed by atoms with van der Waals surface area (Å²) >= 11 is 0. The maximum absolute atomic E-state index is 13.3. The van der Waals surface area contributed by atoms with Crippen LogP contribution in [-0.4, -0.2) is 22.3 Å². The Balaban J connectivity index is 1.67. The van der Waals surface area contributed by atoms with Crippen LogP contribution in [0.3, 0.4) is 0 Å². The van der Waals surface area contributed by atoms with Crippen LogP contribution < -0.4 is 5.56 Å². The lowest BCUT2D eigenvalue weighted by Crippen LogP contribution is -2.37. The number of carbonyl (C=O) groups is 1. The minimum Gasteiger partial charge on any atom is -0.338 e. The average molecular weight is 339 g/mol. The number of benzene rings is 1. The fourth-order valence-corrected chi connectivity index (χ4v) is 3.07. The monoisotopic (exact) mass is 339 g/mol. The summed E-state index contributed by atoms with van der Waals surface area (Å²) in [7, 11) is 0. The first-order valence-corrected chi connectivity index (χ1v) is 8.16. The van der Waals surface area contributed by atoms with Crippen LogP contribution in [-0.2, 0) is 24.2 Å². The second kappa shape index (κ2) is 6.89. The molecular formula is C19H18FN3O2. The molecule has 2 heterocycles. The lowest BCUT2D eigenvalue weighted by molar-refractivity contribution is -0.132. The molecule has 0 aliphatic carbocycles. The van der Waals surface area contributed by atoms with E-state index in [2.05, 4.69) is 4.98 Å². The zero-order chi connectivity index (χ0) is 18.0. The Kier molecular flexibility index (Phi) is 4.66. The second-order valence-electron chi connectivity index (χ2n) is 6.28. The van der Waals surface area contributed by atoms with Gasteiger partial charge in [-0.1, -0.05) is 12.1 Å². The van der Waals surface area contributed by atoms with Crippen molar-refractivity contribution in [1.29, 1.82) is 5.26 Å². The van der Waals surface area contributed by atoms with Gasteiger partial charge in [0, 0.05) is 31.6 Å². The molecule has 6 heteroatoms. The van der Waals surface area contributed by atoms with Crippen molar-refractivity contribution >= 4 is 5.91 Å². The van der Waals surface area contributed by atoms with E-state index >= 15 is 0 Å². The molecule has 1 amide bonds. The summed E-state index contributed by atoms with van der Waals surface area (Å²) in [6.45, 7) is 2.63. The molecule has 0 atom stereocenters. The fraction of sp³-hybridized carbons (Fsp3) is 0.316. The fourth-order valence-electron chi connectivity index (χ4n) is 3.07. The van der Waals surface area contributed by atoms with Crippen molar-refractivity contribution in [2.75, 3.05) is 6.54 Å². The van der Waals surface area contributed by atoms with E-state index in [1.165, 1.54) is 6.07 Å². The number of halogens is 1. The van der Waals surface area contributed by atoms with E-state index in [1.807, 2.05) is 6.07 Å². The molecule has 1 aliphatic heterocycles. The van der Waals surface area contributed by atoms with Crippen molar-refractivity contribution in [1.82, 2.24) is 9.88 Å². The number of hydrogen-bond acceptors (Lipinski definition) is 3. The number of aromatic nitrogens is 1. The number of carbonyl (C=O) groups excluding carboxylic acids is 1. The van der Waals surface area contributed by atoms with Crippen LogP contribution in [0.4, 0.5) is 4.39 Å². The summed E-state index contributed by atoms with van der Waals surface area (Å²) in [5, 5.41) is 8.97. The van der Waals surface area contributed by atoms with Crippen LogP contribution in [0.2, 0.25) is 0 Å². The highest BCUT2D eigenvalue weighted by molar-refractivity contribution is 5.76. The van der Waals surface area contributed by atoms with Crippen molar-refractivity contribution in [3.8, 4) is 6.07 Å². The van der Waals surface area contributed by atoms with Gasteiger partial charge >= 0.3 is 0 Å². The summed E-state index contributed by atoms with van der Waals surface area (Å²) in [5.41, 5.74) is 2.80. The van der Waals surface area contributed by atoms with Crippen molar-refractivity contribution in [3.05, 3.63) is 68.4 Å². The first-order valence-electron chi connectivity index (χ1n) is 8.16. The van der Waals surface area contributed by atoms with Gasteiger partial charge in [-0.3, -0.25) is 9.59 Å². The molecule has 3 rings (SSSR count). The Bertz CT molecular complexity index is 927. The predicted molar refractivity (Wildman–Crippen MR) is 90.4 cm³/mol. The van der Waals surface area contributed by atoms with E-state index in [-0.39, 0.29) is 22.8 Å². The number of hydrogen-bond donors (Lipinski definition) is 1. The molecule has 2 aromatic rings. The van der Waals surface area contributed by atoms with Gasteiger partial charge < -0.3 is 9.88 Å². The summed E-state index contributed by atoms with van der Waals surface area (Å²) in [4.78, 5) is 28.6. The van der Waals surface area contributed by atoms with Gasteiger partial charge in [0.2, 0.25) is 5.91 Å². The predicted octanol–water partition coefficient (Wildman–Crippen LogP) is 2.21. The summed E-state index contributed by atoms with van der Waals surface area (Å²) in [6.07, 6.45) is 1.46. The second-order valence-corrected chi connectivity index (χ2v) is 6.28. The van der Waals surface area contributed by atoms with Crippen LogP contribution in [0.25, 0.3) is 0 Å². The molecule has 5 nitrogen and oxygen atoms in total. The summed E-state index contributed by atoms with van der Waals surface area (Å²) in [6, 6.07) is 8.32. The third-order valence-corrected chi connectivity index (χ3v) is 4.53. The van der Waals surface area contributed by atoms with Gasteiger partial charge in [0.15, 0.2) is 0 Å². The number of fused-ring (bicyclic) bond motifs is 1. The molecule has 1 aromatic carbocycles. The highest BCUT2D eigenvalue weighted by Gasteiger charge is 2.22. The Hall–Kier alpha value is -2.94. The summed E-state index contributed by atoms with van der Waals surface area (Å²) < 4.78 is 13.3. The Morgan fingerprint density at radius 2 is 2.20 bits per heavy atom. The molecule has 0 radical (unpaired) electrons. The van der Waals surface area contributed by atoms with Crippen LogP contribution in [0, 0.1) is 24.1 Å². The zero-order valence-electron chi connectivity index (χ0n) is 13.9. The molecular weight excluding hydrogens is 321 g/mol. The highest BCUT2D eigenvalue weighted by Crippen LogP contribution is 2.18. The standard InChI is InChI=1S/C19H18FN3O2/c1-12-8-13(2-4-16(12)20)3-5-18(24)23-7-6-17-15(11-23)9-14(10-21)19(25)22-17/h2,4,8-9H,3,5-7,11H2,1H3,(H,22,25). The van der Waals surface area contributed by atoms with Crippen molar-refractivity contribution in [3.63, 3.8) is 0 Å². The van der Waals surface area contributed by atoms with Crippen LogP contribution in [0.5, 0.6) is 0 Å². The van der Waals surface area contributed by atoms with Crippen LogP contribution in [0.15, 0.2) is 29.1 Å². The van der Waals surface area contributed by atoms with Crippen molar-refractivity contribution < 1.29 is 9.18 Å². The van der Waals surface area contributed by atoms with Gasteiger partial charge in [-0.2, -0.15) is 5.26 Å². The number of nitrogens with one attached hydrogen (secondary N) is 1. The van der Waals surface area contributed by atoms with Gasteiger partial charge in [-0.05, 0) is 42.2 Å². The number of rotatable bonds is 3. The normalized spacial score (nSPS) is 13.2. The van der Waals surface area contributed by atoms with Crippen molar-refractivity contribution in [2.24, 2.45) is 0 Å². The number of amides is 1. The zero-order valence-corrected chi connectivity index (χ0v) is 13.9. The van der Waals surface area contributed by atoms with Crippen molar-refractivity contribution in [2.45, 2.75) is 32.7 Å². The molecule has 25 heavy (non-hydrogen) atoms. The molecule has 1 aromatic heterocycles. The van der Waals surface area contributed by atoms with Crippen LogP contribution >= 0.6 is 0 Å². The molecule has 0 saturated heterocycles. The number of nitrogens with zero attached hydrogens (tertiary/aromatic N) is 2. The molecule has 0 fully saturated rings. The Morgan fingerprint density at radius 1 is 1.40 bits per heavy atom. The quantitative estimate of drug-likeness (QED) is 0.931. The smallest absolute Gasteiger partial charge is 0.266 e. The molecule has 1 N–H and O–H groups in total. The van der Waals surface area contributed by atoms with Crippen LogP contribution in [0.1, 0.15) is 34.4 Å². The van der Waals surface area contributed by atoms with Gasteiger partial charge in [0.25, 0.3) is 5.56 Å². The number of aryl methyl sites for hydroxylation is 2. The van der Waals surface area contributed by atoms with E-state index in [0.29, 0.717) is 37.9 Å². The number of nitriles is 1. The SMILES string of the molecule is Cc1cc(CCC(=O)N2CCc3[nH]c(=O)c(C#N)cc3C2)ccc1F. The maximum Gasteiger partial charge on any atom is 0.266 e. The minimum absolute atomic E-state index is 0.0114. The van der Waals surface area contributed by atoms with E-state index < -0.39 is 0 Å². The third kappa shape index (κ3) is 3.61. The molecule has 0 saturated carbocycles. The van der Waals surface area contributed by atoms with Gasteiger partial charge in [-0.25, -0.2) is 4.39 Å². The molecule has 128 valence electrons. The lowest BCUT2D eigenvalue weighted by atomic mass is 10.0. The lowest BCUT2D eigenvalue weighted by Gasteiger charge is -2.28. The van der Waals surface area contributed by atoms with E-state index in [0.717, 1.165) is 16.8 Å². The number of H-pyrrole nitrogens is 1. The molecule has 0 bridgehead atoms. The number of aromatic amines is 1. The first kappa shape index (κ1) is 16.9. The van der Waals surface area contributed by atoms with Gasteiger partial charge in [0.1, 0.15) is 17.4 Å². The van der Waals surface area contributed by atoms with Gasteiger partial charge in [0.05, 0.1) is 0 Å². The molecule has 0 unspecified atom stereocenters. The van der Waals surface area contributed by atoms with E-state index in [9.17, 15) is 14.0 Å². The highest BCUT2D eigenvalue weighted by atomic mass is 19.1. The maximum atomic E-state index is 13.3. The molecule has 0 spiro atoms. The largest absolute Gasteiger partial charge is 0.338 e.